The Morgan fingerprint density at radius 1 is 1.14 bits per heavy atom. The summed E-state index contributed by atoms with van der Waals surface area (Å²) in [6, 6.07) is -1.69. The van der Waals surface area contributed by atoms with Gasteiger partial charge in [-0.2, -0.15) is 0 Å². The van der Waals surface area contributed by atoms with Crippen LogP contribution in [0.25, 0.3) is 0 Å². The maximum absolute atomic E-state index is 12.4. The minimum absolute atomic E-state index is 0.0407. The zero-order valence-corrected chi connectivity index (χ0v) is 14.8. The highest BCUT2D eigenvalue weighted by molar-refractivity contribution is 7.56. The van der Waals surface area contributed by atoms with Crippen molar-refractivity contribution in [1.82, 2.24) is 24.0 Å². The predicted octanol–water partition coefficient (Wildman–Crippen LogP) is 0.193. The van der Waals surface area contributed by atoms with Crippen LogP contribution in [0.3, 0.4) is 0 Å². The van der Waals surface area contributed by atoms with Gasteiger partial charge in [0.05, 0.1) is 6.54 Å². The Kier molecular flexibility index (Phi) is 6.08. The van der Waals surface area contributed by atoms with Crippen molar-refractivity contribution in [3.8, 4) is 0 Å². The van der Waals surface area contributed by atoms with Crippen molar-refractivity contribution in [2.75, 3.05) is 34.7 Å². The van der Waals surface area contributed by atoms with Gasteiger partial charge >= 0.3 is 22.2 Å². The summed E-state index contributed by atoms with van der Waals surface area (Å²) in [5, 5.41) is 2.39. The fourth-order valence-electron chi connectivity index (χ4n) is 1.61. The maximum atomic E-state index is 12.4. The third-order valence-corrected chi connectivity index (χ3v) is 5.99. The molecule has 12 heteroatoms. The number of amides is 4. The van der Waals surface area contributed by atoms with E-state index < -0.39 is 34.2 Å². The Hall–Kier alpha value is -1.47. The third kappa shape index (κ3) is 3.84. The summed E-state index contributed by atoms with van der Waals surface area (Å²) in [6.07, 6.45) is 0. The summed E-state index contributed by atoms with van der Waals surface area (Å²) in [6.45, 7) is 1.22. The Bertz CT molecular complexity index is 518. The quantitative estimate of drug-likeness (QED) is 0.556. The Balaban J connectivity index is 2.91. The molecule has 3 unspecified atom stereocenters. The molecule has 1 aliphatic heterocycles. The van der Waals surface area contributed by atoms with Crippen LogP contribution >= 0.6 is 16.2 Å². The predicted molar refractivity (Wildman–Crippen MR) is 79.1 cm³/mol. The molecule has 0 aromatic carbocycles. The molecule has 3 atom stereocenters. The average Bonchev–Trinajstić information content (AvgIpc) is 2.41. The summed E-state index contributed by atoms with van der Waals surface area (Å²) in [7, 11) is 1.06. The van der Waals surface area contributed by atoms with Crippen molar-refractivity contribution < 1.29 is 23.5 Å². The Morgan fingerprint density at radius 3 is 1.91 bits per heavy atom. The van der Waals surface area contributed by atoms with Crippen LogP contribution in [-0.2, 0) is 18.7 Å². The number of imide groups is 1. The van der Waals surface area contributed by atoms with Crippen molar-refractivity contribution in [3.63, 3.8) is 0 Å². The highest BCUT2D eigenvalue weighted by Gasteiger charge is 2.59. The zero-order chi connectivity index (χ0) is 17.2. The second-order valence-electron chi connectivity index (χ2n) is 4.97. The average molecular weight is 351 g/mol. The number of urea groups is 1. The zero-order valence-electron chi connectivity index (χ0n) is 13.0. The standard InChI is InChI=1S/C10H18N5O5P2/c1-7(16)11-8-6-14(9(8)17)10(18)15(21(19)12(2)3)22(20)13(4)5/h8H,6H2,1-5H3/q+1/p+1. The van der Waals surface area contributed by atoms with E-state index >= 15 is 0 Å². The molecule has 0 aromatic heterocycles. The molecule has 122 valence electrons. The van der Waals surface area contributed by atoms with Crippen LogP contribution in [0, 0.1) is 0 Å². The minimum atomic E-state index is -2.41. The van der Waals surface area contributed by atoms with Gasteiger partial charge < -0.3 is 5.32 Å². The summed E-state index contributed by atoms with van der Waals surface area (Å²) in [5.74, 6) is -1.00. The topological polar surface area (TPSA) is 110 Å². The van der Waals surface area contributed by atoms with Gasteiger partial charge in [-0.05, 0) is 9.13 Å². The first kappa shape index (κ1) is 18.6. The lowest BCUT2D eigenvalue weighted by Gasteiger charge is -2.35. The molecular weight excluding hydrogens is 332 g/mol. The van der Waals surface area contributed by atoms with Crippen molar-refractivity contribution in [2.24, 2.45) is 0 Å². The van der Waals surface area contributed by atoms with Gasteiger partial charge in [0.15, 0.2) is 0 Å². The number of β-lactam (4-membered cyclic amide) rings is 1. The number of likely N-dealkylation sites (tertiary alicyclic amines) is 1. The summed E-state index contributed by atoms with van der Waals surface area (Å²) < 4.78 is 27.5. The summed E-state index contributed by atoms with van der Waals surface area (Å²) in [5.41, 5.74) is 0. The molecule has 22 heavy (non-hydrogen) atoms. The Labute approximate surface area is 130 Å². The molecule has 0 radical (unpaired) electrons. The number of rotatable bonds is 5. The van der Waals surface area contributed by atoms with Gasteiger partial charge in [-0.25, -0.2) is 4.79 Å². The molecule has 1 heterocycles. The number of hydrogen-bond donors (Lipinski definition) is 1. The number of nitrogens with zero attached hydrogens (tertiary/aromatic N) is 4. The van der Waals surface area contributed by atoms with Crippen LogP contribution in [0.5, 0.6) is 0 Å². The number of carbonyl (C=O) groups excluding carboxylic acids is 3. The summed E-state index contributed by atoms with van der Waals surface area (Å²) in [4.78, 5) is 36.0. The van der Waals surface area contributed by atoms with Gasteiger partial charge in [-0.3, -0.25) is 14.5 Å². The molecule has 0 saturated carbocycles. The van der Waals surface area contributed by atoms with Gasteiger partial charge in [-0.15, -0.1) is 0 Å². The fourth-order valence-corrected chi connectivity index (χ4v) is 4.28. The van der Waals surface area contributed by atoms with E-state index in [2.05, 4.69) is 5.32 Å². The largest absolute Gasteiger partial charge is 0.615 e. The van der Waals surface area contributed by atoms with E-state index in [4.69, 9.17) is 0 Å². The first-order valence-electron chi connectivity index (χ1n) is 6.29. The van der Waals surface area contributed by atoms with Crippen LogP contribution < -0.4 is 5.32 Å². The lowest BCUT2D eigenvalue weighted by atomic mass is 10.1. The SMILES string of the molecule is CC(=O)NC1CN(C(=O)N([P+](=O)N(C)C)[P+](=O)N(C)C)C1=O. The van der Waals surface area contributed by atoms with Crippen molar-refractivity contribution in [3.05, 3.63) is 0 Å². The molecule has 4 amide bonds. The van der Waals surface area contributed by atoms with Gasteiger partial charge in [0.2, 0.25) is 5.91 Å². The van der Waals surface area contributed by atoms with Crippen molar-refractivity contribution in [1.29, 1.82) is 0 Å². The second kappa shape index (κ2) is 7.19. The molecule has 0 aromatic rings. The molecule has 1 rings (SSSR count). The molecule has 0 aliphatic carbocycles. The van der Waals surface area contributed by atoms with E-state index in [1.54, 1.807) is 0 Å². The monoisotopic (exact) mass is 351 g/mol. The lowest BCUT2D eigenvalue weighted by molar-refractivity contribution is -0.142. The molecule has 1 aliphatic rings. The molecule has 10 nitrogen and oxygen atoms in total. The van der Waals surface area contributed by atoms with Crippen LogP contribution in [-0.4, -0.2) is 77.3 Å². The highest BCUT2D eigenvalue weighted by atomic mass is 31.2. The van der Waals surface area contributed by atoms with Crippen LogP contribution in [0.4, 0.5) is 4.79 Å². The maximum Gasteiger partial charge on any atom is 0.615 e. The van der Waals surface area contributed by atoms with Gasteiger partial charge in [0.25, 0.3) is 5.91 Å². The molecule has 1 fully saturated rings. The third-order valence-electron chi connectivity index (χ3n) is 2.72. The van der Waals surface area contributed by atoms with E-state index in [0.717, 1.165) is 4.90 Å². The smallest absolute Gasteiger partial charge is 0.343 e. The van der Waals surface area contributed by atoms with Crippen LogP contribution in [0.1, 0.15) is 6.92 Å². The lowest BCUT2D eigenvalue weighted by Crippen LogP contribution is -2.66. The fraction of sp³-hybridized carbons (Fsp3) is 0.700. The minimum Gasteiger partial charge on any atom is -0.343 e. The van der Waals surface area contributed by atoms with E-state index in [0.29, 0.717) is 4.44 Å². The normalized spacial score (nSPS) is 19.0. The molecular formula is C10H19N5O5P2+2. The van der Waals surface area contributed by atoms with Crippen molar-refractivity contribution in [2.45, 2.75) is 13.0 Å². The number of hydrogen-bond acceptors (Lipinski definition) is 5. The van der Waals surface area contributed by atoms with Crippen LogP contribution in [0.15, 0.2) is 0 Å². The Morgan fingerprint density at radius 2 is 1.59 bits per heavy atom. The van der Waals surface area contributed by atoms with Crippen LogP contribution in [0.2, 0.25) is 0 Å². The van der Waals surface area contributed by atoms with E-state index in [1.165, 1.54) is 44.5 Å². The van der Waals surface area contributed by atoms with Crippen molar-refractivity contribution >= 4 is 34.1 Å². The van der Waals surface area contributed by atoms with E-state index in [1.807, 2.05) is 0 Å². The first-order valence-corrected chi connectivity index (χ1v) is 8.62. The first-order chi connectivity index (χ1) is 10.1. The molecule has 0 spiro atoms. The number of nitrogens with one attached hydrogen (secondary N) is 1. The molecule has 0 bridgehead atoms. The van der Waals surface area contributed by atoms with Gasteiger partial charge in [0.1, 0.15) is 10.5 Å². The molecule has 1 saturated heterocycles. The molecule has 1 N–H and O–H groups in total. The second-order valence-corrected chi connectivity index (χ2v) is 8.70. The summed E-state index contributed by atoms with van der Waals surface area (Å²) >= 11 is 0. The number of carbonyl (C=O) groups is 3. The van der Waals surface area contributed by atoms with E-state index in [9.17, 15) is 23.5 Å². The van der Waals surface area contributed by atoms with Gasteiger partial charge in [0, 0.05) is 35.1 Å². The van der Waals surface area contributed by atoms with Gasteiger partial charge in [-0.1, -0.05) is 9.34 Å². The highest BCUT2D eigenvalue weighted by Crippen LogP contribution is 2.46. The van der Waals surface area contributed by atoms with E-state index in [-0.39, 0.29) is 12.5 Å².